The van der Waals surface area contributed by atoms with Gasteiger partial charge in [0, 0.05) is 18.6 Å². The molecule has 1 aliphatic heterocycles. The molecular formula is C14H22N2O. The van der Waals surface area contributed by atoms with Crippen molar-refractivity contribution in [2.75, 3.05) is 20.1 Å². The fourth-order valence-electron chi connectivity index (χ4n) is 2.80. The highest BCUT2D eigenvalue weighted by atomic mass is 16.3. The van der Waals surface area contributed by atoms with Gasteiger partial charge in [-0.25, -0.2) is 0 Å². The molecule has 1 aromatic rings. The molecule has 17 heavy (non-hydrogen) atoms. The molecule has 1 heterocycles. The Bertz CT molecular complexity index is 367. The standard InChI is InChI=1S/C14H22N2O/c1-11(12-5-3-7-14(17)9-12)16-8-4-6-13(16)10-15-2/h3,5,7,9,11,13,15,17H,4,6,8,10H2,1-2H3. The minimum Gasteiger partial charge on any atom is -0.508 e. The summed E-state index contributed by atoms with van der Waals surface area (Å²) in [6.45, 7) is 4.43. The molecule has 1 fully saturated rings. The first-order valence-electron chi connectivity index (χ1n) is 6.41. The van der Waals surface area contributed by atoms with Gasteiger partial charge in [0.15, 0.2) is 0 Å². The molecule has 1 saturated heterocycles. The first-order valence-corrected chi connectivity index (χ1v) is 6.41. The van der Waals surface area contributed by atoms with Gasteiger partial charge in [0.05, 0.1) is 0 Å². The van der Waals surface area contributed by atoms with Crippen LogP contribution >= 0.6 is 0 Å². The molecule has 0 spiro atoms. The molecule has 2 unspecified atom stereocenters. The van der Waals surface area contributed by atoms with Crippen LogP contribution in [-0.2, 0) is 0 Å². The van der Waals surface area contributed by atoms with Gasteiger partial charge in [-0.15, -0.1) is 0 Å². The monoisotopic (exact) mass is 234 g/mol. The summed E-state index contributed by atoms with van der Waals surface area (Å²) in [6, 6.07) is 8.62. The summed E-state index contributed by atoms with van der Waals surface area (Å²) in [5.74, 6) is 0.360. The van der Waals surface area contributed by atoms with Crippen LogP contribution in [0.5, 0.6) is 5.75 Å². The Labute approximate surface area is 103 Å². The van der Waals surface area contributed by atoms with Crippen molar-refractivity contribution in [2.45, 2.75) is 31.8 Å². The van der Waals surface area contributed by atoms with E-state index in [1.165, 1.54) is 18.4 Å². The van der Waals surface area contributed by atoms with Gasteiger partial charge in [-0.3, -0.25) is 4.90 Å². The highest BCUT2D eigenvalue weighted by molar-refractivity contribution is 5.29. The Morgan fingerprint density at radius 2 is 2.35 bits per heavy atom. The van der Waals surface area contributed by atoms with Crippen LogP contribution in [0.25, 0.3) is 0 Å². The van der Waals surface area contributed by atoms with Crippen molar-refractivity contribution >= 4 is 0 Å². The second-order valence-electron chi connectivity index (χ2n) is 4.86. The van der Waals surface area contributed by atoms with Crippen LogP contribution in [0.3, 0.4) is 0 Å². The van der Waals surface area contributed by atoms with Crippen LogP contribution in [0.2, 0.25) is 0 Å². The normalized spacial score (nSPS) is 22.8. The van der Waals surface area contributed by atoms with E-state index in [1.807, 2.05) is 19.2 Å². The molecule has 0 amide bonds. The molecule has 1 aromatic carbocycles. The number of phenols is 1. The highest BCUT2D eigenvalue weighted by Crippen LogP contribution is 2.30. The smallest absolute Gasteiger partial charge is 0.115 e. The van der Waals surface area contributed by atoms with Gasteiger partial charge in [0.25, 0.3) is 0 Å². The van der Waals surface area contributed by atoms with Gasteiger partial charge >= 0.3 is 0 Å². The van der Waals surface area contributed by atoms with Crippen molar-refractivity contribution < 1.29 is 5.11 Å². The number of hydrogen-bond acceptors (Lipinski definition) is 3. The first kappa shape index (κ1) is 12.4. The fourth-order valence-corrected chi connectivity index (χ4v) is 2.80. The zero-order valence-electron chi connectivity index (χ0n) is 10.7. The summed E-state index contributed by atoms with van der Waals surface area (Å²) in [5, 5.41) is 12.8. The zero-order chi connectivity index (χ0) is 12.3. The van der Waals surface area contributed by atoms with Crippen LogP contribution in [-0.4, -0.2) is 36.2 Å². The molecule has 2 N–H and O–H groups in total. The van der Waals surface area contributed by atoms with Gasteiger partial charge in [0.2, 0.25) is 0 Å². The molecule has 0 aromatic heterocycles. The number of likely N-dealkylation sites (tertiary alicyclic amines) is 1. The van der Waals surface area contributed by atoms with Gasteiger partial charge < -0.3 is 10.4 Å². The predicted octanol–water partition coefficient (Wildman–Crippen LogP) is 2.14. The summed E-state index contributed by atoms with van der Waals surface area (Å²) < 4.78 is 0. The summed E-state index contributed by atoms with van der Waals surface area (Å²) in [7, 11) is 2.01. The number of phenolic OH excluding ortho intramolecular Hbond substituents is 1. The molecule has 3 nitrogen and oxygen atoms in total. The lowest BCUT2D eigenvalue weighted by molar-refractivity contribution is 0.191. The van der Waals surface area contributed by atoms with E-state index in [2.05, 4.69) is 23.2 Å². The maximum absolute atomic E-state index is 9.54. The molecule has 0 bridgehead atoms. The molecule has 94 valence electrons. The van der Waals surface area contributed by atoms with Crippen LogP contribution in [0.1, 0.15) is 31.4 Å². The maximum Gasteiger partial charge on any atom is 0.115 e. The Hall–Kier alpha value is -1.06. The first-order chi connectivity index (χ1) is 8.22. The zero-order valence-corrected chi connectivity index (χ0v) is 10.7. The van der Waals surface area contributed by atoms with E-state index < -0.39 is 0 Å². The Morgan fingerprint density at radius 3 is 3.06 bits per heavy atom. The molecule has 2 atom stereocenters. The number of nitrogens with one attached hydrogen (secondary N) is 1. The van der Waals surface area contributed by atoms with Gasteiger partial charge in [-0.2, -0.15) is 0 Å². The lowest BCUT2D eigenvalue weighted by Crippen LogP contribution is -2.38. The SMILES string of the molecule is CNCC1CCCN1C(C)c1cccc(O)c1. The van der Waals surface area contributed by atoms with Crippen LogP contribution < -0.4 is 5.32 Å². The summed E-state index contributed by atoms with van der Waals surface area (Å²) in [4.78, 5) is 2.53. The molecular weight excluding hydrogens is 212 g/mol. The minimum absolute atomic E-state index is 0.360. The lowest BCUT2D eigenvalue weighted by Gasteiger charge is -2.31. The van der Waals surface area contributed by atoms with Crippen LogP contribution in [0.4, 0.5) is 0 Å². The predicted molar refractivity (Wildman–Crippen MR) is 70.2 cm³/mol. The average molecular weight is 234 g/mol. The minimum atomic E-state index is 0.360. The average Bonchev–Trinajstić information content (AvgIpc) is 2.77. The Balaban J connectivity index is 2.11. The van der Waals surface area contributed by atoms with Crippen molar-refractivity contribution in [2.24, 2.45) is 0 Å². The molecule has 0 radical (unpaired) electrons. The van der Waals surface area contributed by atoms with E-state index in [1.54, 1.807) is 6.07 Å². The van der Waals surface area contributed by atoms with E-state index in [4.69, 9.17) is 0 Å². The molecule has 0 saturated carbocycles. The quantitative estimate of drug-likeness (QED) is 0.838. The Kier molecular flexibility index (Phi) is 4.02. The maximum atomic E-state index is 9.54. The molecule has 3 heteroatoms. The van der Waals surface area contributed by atoms with Crippen molar-refractivity contribution in [3.8, 4) is 5.75 Å². The van der Waals surface area contributed by atoms with Gasteiger partial charge in [-0.05, 0) is 51.1 Å². The van der Waals surface area contributed by atoms with E-state index in [-0.39, 0.29) is 0 Å². The molecule has 0 aliphatic carbocycles. The largest absolute Gasteiger partial charge is 0.508 e. The number of benzene rings is 1. The van der Waals surface area contributed by atoms with E-state index >= 15 is 0 Å². The number of nitrogens with zero attached hydrogens (tertiary/aromatic N) is 1. The molecule has 1 aliphatic rings. The molecule has 2 rings (SSSR count). The highest BCUT2D eigenvalue weighted by Gasteiger charge is 2.28. The van der Waals surface area contributed by atoms with Crippen molar-refractivity contribution in [3.05, 3.63) is 29.8 Å². The van der Waals surface area contributed by atoms with Gasteiger partial charge in [-0.1, -0.05) is 12.1 Å². The summed E-state index contributed by atoms with van der Waals surface area (Å²) in [6.07, 6.45) is 2.54. The summed E-state index contributed by atoms with van der Waals surface area (Å²) in [5.41, 5.74) is 1.20. The third kappa shape index (κ3) is 2.79. The van der Waals surface area contributed by atoms with E-state index in [0.717, 1.165) is 13.1 Å². The topological polar surface area (TPSA) is 35.5 Å². The van der Waals surface area contributed by atoms with Gasteiger partial charge in [0.1, 0.15) is 5.75 Å². The number of likely N-dealkylation sites (N-methyl/N-ethyl adjacent to an activating group) is 1. The van der Waals surface area contributed by atoms with E-state index in [0.29, 0.717) is 17.8 Å². The van der Waals surface area contributed by atoms with Crippen molar-refractivity contribution in [3.63, 3.8) is 0 Å². The second-order valence-corrected chi connectivity index (χ2v) is 4.86. The summed E-state index contributed by atoms with van der Waals surface area (Å²) >= 11 is 0. The van der Waals surface area contributed by atoms with Crippen molar-refractivity contribution in [1.29, 1.82) is 0 Å². The van der Waals surface area contributed by atoms with E-state index in [9.17, 15) is 5.11 Å². The van der Waals surface area contributed by atoms with Crippen LogP contribution in [0.15, 0.2) is 24.3 Å². The number of aromatic hydroxyl groups is 1. The van der Waals surface area contributed by atoms with Crippen LogP contribution in [0, 0.1) is 0 Å². The number of hydrogen-bond donors (Lipinski definition) is 2. The van der Waals surface area contributed by atoms with Crippen molar-refractivity contribution in [1.82, 2.24) is 10.2 Å². The third-order valence-corrected chi connectivity index (χ3v) is 3.71. The second kappa shape index (κ2) is 5.52. The number of rotatable bonds is 4. The Morgan fingerprint density at radius 1 is 1.53 bits per heavy atom. The third-order valence-electron chi connectivity index (χ3n) is 3.71. The lowest BCUT2D eigenvalue weighted by atomic mass is 10.1. The fraction of sp³-hybridized carbons (Fsp3) is 0.571.